The number of aryl methyl sites for hydroxylation is 4. The number of rotatable bonds is 13. The van der Waals surface area contributed by atoms with Crippen molar-refractivity contribution in [2.45, 2.75) is 52.7 Å². The van der Waals surface area contributed by atoms with Crippen molar-refractivity contribution in [3.63, 3.8) is 0 Å². The molecule has 0 atom stereocenters. The van der Waals surface area contributed by atoms with Gasteiger partial charge in [0.2, 0.25) is 11.8 Å². The highest BCUT2D eigenvalue weighted by molar-refractivity contribution is 6.32. The number of piperazine rings is 1. The average molecular weight is 728 g/mol. The molecule has 1 aliphatic heterocycles. The van der Waals surface area contributed by atoms with Crippen LogP contribution in [0.5, 0.6) is 23.1 Å². The van der Waals surface area contributed by atoms with E-state index in [0.717, 1.165) is 48.5 Å². The quantitative estimate of drug-likeness (QED) is 0.113. The number of halogens is 1. The van der Waals surface area contributed by atoms with Gasteiger partial charge in [-0.05, 0) is 108 Å². The third-order valence-corrected chi connectivity index (χ3v) is 10.2. The molecule has 0 N–H and O–H groups in total. The van der Waals surface area contributed by atoms with Crippen molar-refractivity contribution < 1.29 is 19.0 Å². The van der Waals surface area contributed by atoms with E-state index in [9.17, 15) is 4.79 Å². The number of hydrogen-bond donors (Lipinski definition) is 0. The number of pyridine rings is 1. The highest BCUT2D eigenvalue weighted by Gasteiger charge is 2.20. The van der Waals surface area contributed by atoms with Crippen LogP contribution in [-0.2, 0) is 37.2 Å². The lowest BCUT2D eigenvalue weighted by molar-refractivity contribution is -0.127. The number of carbonyl (C=O) groups is 1. The smallest absolute Gasteiger partial charge is 0.246 e. The Bertz CT molecular complexity index is 2010. The molecule has 0 saturated carbocycles. The molecular formula is C45H46ClN3O4. The van der Waals surface area contributed by atoms with E-state index >= 15 is 0 Å². The summed E-state index contributed by atoms with van der Waals surface area (Å²) in [5.41, 5.74) is 9.45. The molecule has 1 aliphatic carbocycles. The second-order valence-corrected chi connectivity index (χ2v) is 14.4. The molecule has 2 heterocycles. The van der Waals surface area contributed by atoms with Crippen LogP contribution in [-0.4, -0.2) is 53.5 Å². The average Bonchev–Trinajstić information content (AvgIpc) is 3.65. The van der Waals surface area contributed by atoms with E-state index in [-0.39, 0.29) is 5.91 Å². The number of carbonyl (C=O) groups excluding carboxylic acids is 1. The van der Waals surface area contributed by atoms with Crippen molar-refractivity contribution in [3.05, 3.63) is 153 Å². The summed E-state index contributed by atoms with van der Waals surface area (Å²) in [6.07, 6.45) is 9.58. The fraction of sp³-hybridized carbons (Fsp3) is 0.289. The van der Waals surface area contributed by atoms with Gasteiger partial charge >= 0.3 is 0 Å². The molecule has 7 rings (SSSR count). The fourth-order valence-electron chi connectivity index (χ4n) is 6.84. The number of benzene rings is 4. The van der Waals surface area contributed by atoms with Crippen LogP contribution in [0.3, 0.4) is 0 Å². The van der Waals surface area contributed by atoms with E-state index in [2.05, 4.69) is 83.5 Å². The Morgan fingerprint density at radius 1 is 0.792 bits per heavy atom. The number of nitrogens with zero attached hydrogens (tertiary/aromatic N) is 3. The molecule has 7 nitrogen and oxygen atoms in total. The third kappa shape index (κ3) is 9.86. The predicted octanol–water partition coefficient (Wildman–Crippen LogP) is 9.19. The van der Waals surface area contributed by atoms with Gasteiger partial charge in [-0.3, -0.25) is 9.69 Å². The third-order valence-electron chi connectivity index (χ3n) is 9.95. The minimum Gasteiger partial charge on any atom is -0.493 e. The Hall–Kier alpha value is -5.11. The van der Waals surface area contributed by atoms with Gasteiger partial charge in [-0.15, -0.1) is 0 Å². The van der Waals surface area contributed by atoms with Gasteiger partial charge in [0.15, 0.2) is 5.75 Å². The Balaban J connectivity index is 0.835. The van der Waals surface area contributed by atoms with Gasteiger partial charge in [-0.1, -0.05) is 71.8 Å². The summed E-state index contributed by atoms with van der Waals surface area (Å²) in [5, 5.41) is 0.448. The maximum atomic E-state index is 13.1. The van der Waals surface area contributed by atoms with Crippen LogP contribution in [0.1, 0.15) is 50.9 Å². The van der Waals surface area contributed by atoms with Crippen LogP contribution in [0, 0.1) is 13.8 Å². The molecule has 5 aromatic rings. The molecule has 272 valence electrons. The first-order valence-corrected chi connectivity index (χ1v) is 18.9. The van der Waals surface area contributed by atoms with Gasteiger partial charge in [0.25, 0.3) is 0 Å². The summed E-state index contributed by atoms with van der Waals surface area (Å²) in [6.45, 7) is 9.05. The molecule has 0 radical (unpaired) electrons. The van der Waals surface area contributed by atoms with Crippen molar-refractivity contribution >= 4 is 23.6 Å². The van der Waals surface area contributed by atoms with Crippen molar-refractivity contribution in [2.24, 2.45) is 0 Å². The molecule has 2 aliphatic rings. The van der Waals surface area contributed by atoms with E-state index in [1.54, 1.807) is 24.4 Å². The zero-order chi connectivity index (χ0) is 36.6. The SMILES string of the molecule is Cc1ccc(COc2ccc(Oc3c(C)cc(C=CC(=O)N4CCN(Cc5ccc(CCOc6ccc7c(c6)CCC7)cc5)CC4)cc3Cl)nc2)cc1. The molecule has 4 aromatic carbocycles. The van der Waals surface area contributed by atoms with Crippen LogP contribution in [0.2, 0.25) is 5.02 Å². The lowest BCUT2D eigenvalue weighted by Gasteiger charge is -2.34. The molecule has 8 heteroatoms. The lowest BCUT2D eigenvalue weighted by Crippen LogP contribution is -2.47. The van der Waals surface area contributed by atoms with Gasteiger partial charge < -0.3 is 19.1 Å². The summed E-state index contributed by atoms with van der Waals surface area (Å²) in [4.78, 5) is 21.8. The molecule has 0 bridgehead atoms. The van der Waals surface area contributed by atoms with Gasteiger partial charge in [0.05, 0.1) is 17.8 Å². The van der Waals surface area contributed by atoms with Crippen LogP contribution in [0.15, 0.2) is 103 Å². The molecule has 1 fully saturated rings. The maximum absolute atomic E-state index is 13.1. The Morgan fingerprint density at radius 3 is 2.28 bits per heavy atom. The largest absolute Gasteiger partial charge is 0.493 e. The monoisotopic (exact) mass is 727 g/mol. The number of aromatic nitrogens is 1. The molecule has 1 saturated heterocycles. The van der Waals surface area contributed by atoms with Gasteiger partial charge in [-0.25, -0.2) is 4.98 Å². The minimum absolute atomic E-state index is 0.000834. The number of ether oxygens (including phenoxy) is 3. The number of fused-ring (bicyclic) bond motifs is 1. The highest BCUT2D eigenvalue weighted by Crippen LogP contribution is 2.34. The van der Waals surface area contributed by atoms with Crippen molar-refractivity contribution in [3.8, 4) is 23.1 Å². The number of hydrogen-bond acceptors (Lipinski definition) is 6. The minimum atomic E-state index is -0.000834. The zero-order valence-corrected chi connectivity index (χ0v) is 31.3. The normalized spacial score (nSPS) is 14.4. The van der Waals surface area contributed by atoms with E-state index in [1.165, 1.54) is 47.1 Å². The summed E-state index contributed by atoms with van der Waals surface area (Å²) in [5.74, 6) is 2.58. The second-order valence-electron chi connectivity index (χ2n) is 14.0. The van der Waals surface area contributed by atoms with Crippen LogP contribution < -0.4 is 14.2 Å². The number of amides is 1. The van der Waals surface area contributed by atoms with E-state index < -0.39 is 0 Å². The van der Waals surface area contributed by atoms with Crippen LogP contribution in [0.4, 0.5) is 0 Å². The van der Waals surface area contributed by atoms with E-state index in [4.69, 9.17) is 25.8 Å². The van der Waals surface area contributed by atoms with Crippen molar-refractivity contribution in [2.75, 3.05) is 32.8 Å². The Kier molecular flexibility index (Phi) is 11.7. The standard InChI is InChI=1S/C45H46ClN3O4/c1-32-6-8-36(9-7-32)31-52-41-17-18-43(47-29-41)53-45-33(2)26-37(27-42(45)46)14-19-44(50)49-23-21-48(22-24-49)30-35-12-10-34(11-13-35)20-25-51-40-16-15-38-4-3-5-39(38)28-40/h6-19,26-29H,3-5,20-25,30-31H2,1-2H3. The van der Waals surface area contributed by atoms with Crippen LogP contribution >= 0.6 is 11.6 Å². The highest BCUT2D eigenvalue weighted by atomic mass is 35.5. The molecule has 0 spiro atoms. The van der Waals surface area contributed by atoms with Gasteiger partial charge in [0, 0.05) is 51.3 Å². The van der Waals surface area contributed by atoms with Crippen molar-refractivity contribution in [1.29, 1.82) is 0 Å². The lowest BCUT2D eigenvalue weighted by atomic mass is 10.1. The Labute approximate surface area is 317 Å². The summed E-state index contributed by atoms with van der Waals surface area (Å²) < 4.78 is 18.0. The summed E-state index contributed by atoms with van der Waals surface area (Å²) in [6, 6.07) is 31.0. The molecule has 1 aromatic heterocycles. The van der Waals surface area contributed by atoms with E-state index in [0.29, 0.717) is 48.7 Å². The van der Waals surface area contributed by atoms with Gasteiger partial charge in [0.1, 0.15) is 18.1 Å². The topological polar surface area (TPSA) is 64.1 Å². The molecule has 53 heavy (non-hydrogen) atoms. The first kappa shape index (κ1) is 36.3. The van der Waals surface area contributed by atoms with Crippen LogP contribution in [0.25, 0.3) is 6.08 Å². The summed E-state index contributed by atoms with van der Waals surface area (Å²) >= 11 is 6.64. The van der Waals surface area contributed by atoms with Crippen molar-refractivity contribution in [1.82, 2.24) is 14.8 Å². The molecule has 0 unspecified atom stereocenters. The maximum Gasteiger partial charge on any atom is 0.246 e. The summed E-state index contributed by atoms with van der Waals surface area (Å²) in [7, 11) is 0. The zero-order valence-electron chi connectivity index (χ0n) is 30.5. The molecule has 1 amide bonds. The Morgan fingerprint density at radius 2 is 1.53 bits per heavy atom. The molecular weight excluding hydrogens is 682 g/mol. The second kappa shape index (κ2) is 17.1. The van der Waals surface area contributed by atoms with E-state index in [1.807, 2.05) is 30.0 Å². The fourth-order valence-corrected chi connectivity index (χ4v) is 7.16. The first-order chi connectivity index (χ1) is 25.8. The van der Waals surface area contributed by atoms with Gasteiger partial charge in [-0.2, -0.15) is 0 Å². The predicted molar refractivity (Wildman–Crippen MR) is 211 cm³/mol. The first-order valence-electron chi connectivity index (χ1n) is 18.5.